The molecule has 2 aromatic rings. The average Bonchev–Trinajstić information content (AvgIpc) is 2.48. The van der Waals surface area contributed by atoms with Crippen molar-refractivity contribution in [2.45, 2.75) is 18.9 Å². The number of ether oxygens (including phenoxy) is 1. The molecule has 0 saturated heterocycles. The van der Waals surface area contributed by atoms with E-state index in [0.717, 1.165) is 17.7 Å². The van der Waals surface area contributed by atoms with E-state index in [4.69, 9.17) is 4.74 Å². The molecule has 0 spiro atoms. The molecule has 1 nitrogen and oxygen atoms in total. The molecule has 1 aliphatic rings. The molecular formula is C19H18O. The lowest BCUT2D eigenvalue weighted by atomic mass is 9.85. The Labute approximate surface area is 120 Å². The van der Waals surface area contributed by atoms with Crippen LogP contribution < -0.4 is 0 Å². The third kappa shape index (κ3) is 2.16. The van der Waals surface area contributed by atoms with Crippen molar-refractivity contribution in [3.8, 4) is 0 Å². The Bertz CT molecular complexity index is 654. The molecule has 0 saturated carbocycles. The second-order valence-corrected chi connectivity index (χ2v) is 5.29. The van der Waals surface area contributed by atoms with Crippen LogP contribution in [0.1, 0.15) is 30.0 Å². The Hall–Kier alpha value is -2.28. The Morgan fingerprint density at radius 2 is 1.75 bits per heavy atom. The van der Waals surface area contributed by atoms with Crippen molar-refractivity contribution >= 4 is 11.8 Å². The van der Waals surface area contributed by atoms with E-state index in [2.05, 4.69) is 56.0 Å². The summed E-state index contributed by atoms with van der Waals surface area (Å²) >= 11 is 0. The smallest absolute Gasteiger partial charge is 0.135 e. The van der Waals surface area contributed by atoms with E-state index in [1.807, 2.05) is 24.3 Å². The molecule has 1 heteroatoms. The molecule has 3 rings (SSSR count). The summed E-state index contributed by atoms with van der Waals surface area (Å²) in [6.45, 7) is 6.00. The minimum atomic E-state index is -0.349. The minimum Gasteiger partial charge on any atom is -0.482 e. The SMILES string of the molecule is C=CCC1(C)OC(c2ccccc2)=Cc2ccccc21. The van der Waals surface area contributed by atoms with E-state index >= 15 is 0 Å². The van der Waals surface area contributed by atoms with Gasteiger partial charge in [0.1, 0.15) is 11.4 Å². The van der Waals surface area contributed by atoms with E-state index in [0.29, 0.717) is 0 Å². The fourth-order valence-corrected chi connectivity index (χ4v) is 2.74. The van der Waals surface area contributed by atoms with Gasteiger partial charge in [0.2, 0.25) is 0 Å². The summed E-state index contributed by atoms with van der Waals surface area (Å²) in [5, 5.41) is 0. The van der Waals surface area contributed by atoms with E-state index in [1.165, 1.54) is 11.1 Å². The number of fused-ring (bicyclic) bond motifs is 1. The summed E-state index contributed by atoms with van der Waals surface area (Å²) in [6.07, 6.45) is 4.83. The van der Waals surface area contributed by atoms with Gasteiger partial charge in [-0.15, -0.1) is 6.58 Å². The van der Waals surface area contributed by atoms with Crippen molar-refractivity contribution in [2.24, 2.45) is 0 Å². The highest BCUT2D eigenvalue weighted by Crippen LogP contribution is 2.41. The van der Waals surface area contributed by atoms with E-state index in [1.54, 1.807) is 0 Å². The Kier molecular flexibility index (Phi) is 3.19. The summed E-state index contributed by atoms with van der Waals surface area (Å²) in [5.74, 6) is 0.925. The van der Waals surface area contributed by atoms with E-state index in [9.17, 15) is 0 Å². The largest absolute Gasteiger partial charge is 0.482 e. The zero-order valence-electron chi connectivity index (χ0n) is 11.7. The first-order valence-corrected chi connectivity index (χ1v) is 6.89. The number of hydrogen-bond donors (Lipinski definition) is 0. The van der Waals surface area contributed by atoms with Gasteiger partial charge in [-0.05, 0) is 18.6 Å². The monoisotopic (exact) mass is 262 g/mol. The lowest BCUT2D eigenvalue weighted by molar-refractivity contribution is 0.0560. The number of rotatable bonds is 3. The highest BCUT2D eigenvalue weighted by atomic mass is 16.5. The molecule has 20 heavy (non-hydrogen) atoms. The Morgan fingerprint density at radius 1 is 1.05 bits per heavy atom. The molecule has 2 aromatic carbocycles. The maximum atomic E-state index is 6.32. The third-order valence-corrected chi connectivity index (χ3v) is 3.74. The van der Waals surface area contributed by atoms with Gasteiger partial charge in [-0.3, -0.25) is 0 Å². The van der Waals surface area contributed by atoms with Crippen molar-refractivity contribution < 1.29 is 4.74 Å². The molecule has 0 aliphatic carbocycles. The zero-order chi connectivity index (χ0) is 14.0. The van der Waals surface area contributed by atoms with Gasteiger partial charge in [0, 0.05) is 17.5 Å². The van der Waals surface area contributed by atoms with Crippen molar-refractivity contribution in [3.63, 3.8) is 0 Å². The fourth-order valence-electron chi connectivity index (χ4n) is 2.74. The molecule has 100 valence electrons. The lowest BCUT2D eigenvalue weighted by Gasteiger charge is -2.36. The lowest BCUT2D eigenvalue weighted by Crippen LogP contribution is -2.28. The van der Waals surface area contributed by atoms with Crippen LogP contribution in [0.25, 0.3) is 11.8 Å². The maximum Gasteiger partial charge on any atom is 0.135 e. The highest BCUT2D eigenvalue weighted by Gasteiger charge is 2.33. The van der Waals surface area contributed by atoms with Gasteiger partial charge in [-0.1, -0.05) is 60.7 Å². The standard InChI is InChI=1S/C19H18O/c1-3-13-19(2)17-12-8-7-11-16(17)14-18(20-19)15-9-5-4-6-10-15/h3-12,14H,1,13H2,2H3. The van der Waals surface area contributed by atoms with Gasteiger partial charge >= 0.3 is 0 Å². The summed E-state index contributed by atoms with van der Waals surface area (Å²) in [7, 11) is 0. The van der Waals surface area contributed by atoms with Crippen molar-refractivity contribution in [1.82, 2.24) is 0 Å². The molecule has 0 fully saturated rings. The van der Waals surface area contributed by atoms with Crippen LogP contribution in [0.4, 0.5) is 0 Å². The second-order valence-electron chi connectivity index (χ2n) is 5.29. The summed E-state index contributed by atoms with van der Waals surface area (Å²) < 4.78 is 6.32. The number of hydrogen-bond acceptors (Lipinski definition) is 1. The van der Waals surface area contributed by atoms with Gasteiger partial charge in [0.15, 0.2) is 0 Å². The van der Waals surface area contributed by atoms with Gasteiger partial charge in [-0.25, -0.2) is 0 Å². The molecule has 0 aromatic heterocycles. The van der Waals surface area contributed by atoms with E-state index in [-0.39, 0.29) is 5.60 Å². The summed E-state index contributed by atoms with van der Waals surface area (Å²) in [6, 6.07) is 18.6. The topological polar surface area (TPSA) is 9.23 Å². The molecule has 1 heterocycles. The Balaban J connectivity index is 2.12. The molecular weight excluding hydrogens is 244 g/mol. The van der Waals surface area contributed by atoms with Crippen LogP contribution in [-0.4, -0.2) is 0 Å². The predicted molar refractivity (Wildman–Crippen MR) is 84.0 cm³/mol. The molecule has 1 aliphatic heterocycles. The molecule has 0 radical (unpaired) electrons. The first-order chi connectivity index (χ1) is 9.73. The first-order valence-electron chi connectivity index (χ1n) is 6.89. The molecule has 1 atom stereocenters. The summed E-state index contributed by atoms with van der Waals surface area (Å²) in [5.41, 5.74) is 3.21. The van der Waals surface area contributed by atoms with Crippen molar-refractivity contribution in [3.05, 3.63) is 83.9 Å². The van der Waals surface area contributed by atoms with Crippen LogP contribution in [0.5, 0.6) is 0 Å². The molecule has 1 unspecified atom stereocenters. The first kappa shape index (κ1) is 12.7. The van der Waals surface area contributed by atoms with Crippen LogP contribution in [0.15, 0.2) is 67.3 Å². The van der Waals surface area contributed by atoms with Gasteiger partial charge in [0.25, 0.3) is 0 Å². The quantitative estimate of drug-likeness (QED) is 0.707. The van der Waals surface area contributed by atoms with Crippen LogP contribution in [0, 0.1) is 0 Å². The maximum absolute atomic E-state index is 6.32. The number of benzene rings is 2. The van der Waals surface area contributed by atoms with Gasteiger partial charge in [-0.2, -0.15) is 0 Å². The van der Waals surface area contributed by atoms with Gasteiger partial charge < -0.3 is 4.74 Å². The van der Waals surface area contributed by atoms with E-state index < -0.39 is 0 Å². The average molecular weight is 262 g/mol. The predicted octanol–water partition coefficient (Wildman–Crippen LogP) is 5.01. The van der Waals surface area contributed by atoms with Gasteiger partial charge in [0.05, 0.1) is 0 Å². The molecule has 0 N–H and O–H groups in total. The van der Waals surface area contributed by atoms with Crippen molar-refractivity contribution in [1.29, 1.82) is 0 Å². The summed E-state index contributed by atoms with van der Waals surface area (Å²) in [4.78, 5) is 0. The fraction of sp³-hybridized carbons (Fsp3) is 0.158. The Morgan fingerprint density at radius 3 is 2.50 bits per heavy atom. The highest BCUT2D eigenvalue weighted by molar-refractivity contribution is 5.80. The second kappa shape index (κ2) is 5.01. The molecule has 0 bridgehead atoms. The van der Waals surface area contributed by atoms with Crippen molar-refractivity contribution in [2.75, 3.05) is 0 Å². The third-order valence-electron chi connectivity index (χ3n) is 3.74. The normalized spacial score (nSPS) is 20.6. The minimum absolute atomic E-state index is 0.349. The zero-order valence-corrected chi connectivity index (χ0v) is 11.7. The van der Waals surface area contributed by atoms with Crippen LogP contribution in [0.2, 0.25) is 0 Å². The van der Waals surface area contributed by atoms with Crippen LogP contribution in [0.3, 0.4) is 0 Å². The molecule has 0 amide bonds. The van der Waals surface area contributed by atoms with Crippen LogP contribution in [-0.2, 0) is 10.3 Å². The van der Waals surface area contributed by atoms with Crippen LogP contribution >= 0.6 is 0 Å².